The minimum Gasteiger partial charge on any atom is -0.350 e. The molecule has 4 rings (SSSR count). The van der Waals surface area contributed by atoms with Gasteiger partial charge >= 0.3 is 0 Å². The molecule has 1 aromatic heterocycles. The zero-order valence-corrected chi connectivity index (χ0v) is 20.8. The lowest BCUT2D eigenvalue weighted by molar-refractivity contribution is 0.905. The number of nitrogens with one attached hydrogen (secondary N) is 1. The molecule has 0 bridgehead atoms. The predicted molar refractivity (Wildman–Crippen MR) is 144 cm³/mol. The van der Waals surface area contributed by atoms with Crippen molar-refractivity contribution in [1.82, 2.24) is 9.88 Å². The number of fused-ring (bicyclic) bond motifs is 1. The molecule has 0 aliphatic rings. The Bertz CT molecular complexity index is 1490. The minimum absolute atomic E-state index is 0.0794. The molecule has 1 atom stereocenters. The van der Waals surface area contributed by atoms with Crippen LogP contribution < -0.4 is 10.9 Å². The fraction of sp³-hybridized carbons (Fsp3) is 0.143. The maximum absolute atomic E-state index is 12.7. The fourth-order valence-electron chi connectivity index (χ4n) is 4.29. The summed E-state index contributed by atoms with van der Waals surface area (Å²) in [6.45, 7) is 5.81. The fourth-order valence-corrected chi connectivity index (χ4v) is 4.60. The number of aliphatic imine (C=N–C) groups is 1. The van der Waals surface area contributed by atoms with Crippen molar-refractivity contribution >= 4 is 39.9 Å². The molecule has 0 aliphatic carbocycles. The summed E-state index contributed by atoms with van der Waals surface area (Å²) in [6.07, 6.45) is 1.63. The van der Waals surface area contributed by atoms with E-state index in [4.69, 9.17) is 23.2 Å². The lowest BCUT2D eigenvalue weighted by Gasteiger charge is -2.22. The molecule has 4 aromatic rings. The highest BCUT2D eigenvalue weighted by molar-refractivity contribution is 6.31. The third kappa shape index (κ3) is 4.52. The molecule has 1 unspecified atom stereocenters. The number of aromatic nitrogens is 1. The van der Waals surface area contributed by atoms with Crippen molar-refractivity contribution in [1.29, 1.82) is 0 Å². The van der Waals surface area contributed by atoms with Crippen molar-refractivity contribution in [3.63, 3.8) is 0 Å². The van der Waals surface area contributed by atoms with Crippen LogP contribution in [0.15, 0.2) is 89.3 Å². The van der Waals surface area contributed by atoms with Crippen LogP contribution in [0.2, 0.25) is 10.0 Å². The van der Waals surface area contributed by atoms with Gasteiger partial charge in [-0.25, -0.2) is 0 Å². The van der Waals surface area contributed by atoms with Crippen molar-refractivity contribution < 1.29 is 0 Å². The maximum Gasteiger partial charge on any atom is 0.251 e. The van der Waals surface area contributed by atoms with E-state index >= 15 is 0 Å². The molecule has 34 heavy (non-hydrogen) atoms. The number of nitrogens with zero attached hydrogens (tertiary/aromatic N) is 2. The quantitative estimate of drug-likeness (QED) is 0.250. The Morgan fingerprint density at radius 3 is 2.47 bits per heavy atom. The Hall–Kier alpha value is -3.34. The molecular formula is C28H25Cl2N3O. The summed E-state index contributed by atoms with van der Waals surface area (Å²) >= 11 is 12.6. The second-order valence-electron chi connectivity index (χ2n) is 8.14. The number of benzene rings is 3. The van der Waals surface area contributed by atoms with Gasteiger partial charge in [0, 0.05) is 35.6 Å². The molecule has 0 saturated heterocycles. The summed E-state index contributed by atoms with van der Waals surface area (Å²) in [4.78, 5) is 17.3. The summed E-state index contributed by atoms with van der Waals surface area (Å²) < 4.78 is 1.66. The van der Waals surface area contributed by atoms with Gasteiger partial charge in [0.05, 0.1) is 11.4 Å². The van der Waals surface area contributed by atoms with Gasteiger partial charge in [0.1, 0.15) is 5.84 Å². The predicted octanol–water partition coefficient (Wildman–Crippen LogP) is 6.71. The number of halogens is 2. The Kier molecular flexibility index (Phi) is 6.92. The van der Waals surface area contributed by atoms with Gasteiger partial charge in [-0.05, 0) is 71.3 Å². The van der Waals surface area contributed by atoms with E-state index in [1.165, 1.54) is 0 Å². The van der Waals surface area contributed by atoms with Crippen LogP contribution in [0.5, 0.6) is 0 Å². The Morgan fingerprint density at radius 2 is 1.79 bits per heavy atom. The minimum atomic E-state index is -0.187. The van der Waals surface area contributed by atoms with Gasteiger partial charge in [0.15, 0.2) is 0 Å². The van der Waals surface area contributed by atoms with Gasteiger partial charge in [-0.3, -0.25) is 9.79 Å². The average Bonchev–Trinajstić information content (AvgIpc) is 2.83. The van der Waals surface area contributed by atoms with Gasteiger partial charge < -0.3 is 9.88 Å². The Labute approximate surface area is 209 Å². The second-order valence-corrected chi connectivity index (χ2v) is 8.98. The average molecular weight is 490 g/mol. The van der Waals surface area contributed by atoms with E-state index in [-0.39, 0.29) is 11.5 Å². The molecule has 172 valence electrons. The molecule has 0 saturated carbocycles. The van der Waals surface area contributed by atoms with Crippen molar-refractivity contribution in [2.45, 2.75) is 12.8 Å². The molecule has 0 aliphatic heterocycles. The Morgan fingerprint density at radius 1 is 1.06 bits per heavy atom. The first-order valence-corrected chi connectivity index (χ1v) is 11.6. The third-order valence-corrected chi connectivity index (χ3v) is 6.68. The van der Waals surface area contributed by atoms with Gasteiger partial charge in [-0.1, -0.05) is 60.1 Å². The first kappa shape index (κ1) is 23.8. The van der Waals surface area contributed by atoms with E-state index in [0.717, 1.165) is 44.6 Å². The largest absolute Gasteiger partial charge is 0.350 e. The van der Waals surface area contributed by atoms with Gasteiger partial charge in [0.2, 0.25) is 0 Å². The first-order valence-electron chi connectivity index (χ1n) is 10.8. The Balaban J connectivity index is 2.01. The zero-order valence-electron chi connectivity index (χ0n) is 19.3. The van der Waals surface area contributed by atoms with E-state index < -0.39 is 0 Å². The number of rotatable bonds is 5. The molecule has 0 fully saturated rings. The summed E-state index contributed by atoms with van der Waals surface area (Å²) in [5, 5.41) is 5.48. The van der Waals surface area contributed by atoms with E-state index in [1.807, 2.05) is 55.5 Å². The summed E-state index contributed by atoms with van der Waals surface area (Å²) in [5.74, 6) is 0.568. The van der Waals surface area contributed by atoms with Crippen LogP contribution >= 0.6 is 23.2 Å². The van der Waals surface area contributed by atoms with E-state index in [1.54, 1.807) is 30.9 Å². The van der Waals surface area contributed by atoms with Crippen molar-refractivity contribution in [3.05, 3.63) is 117 Å². The topological polar surface area (TPSA) is 46.4 Å². The maximum atomic E-state index is 12.7. The summed E-state index contributed by atoms with van der Waals surface area (Å²) in [7, 11) is 3.54. The molecule has 6 heteroatoms. The smallest absolute Gasteiger partial charge is 0.251 e. The standard InChI is InChI=1S/C28H25Cl2N3O/c1-5-32-28(31-3)27(19-9-11-24(30)17(2)13-19)20-10-12-25-23(15-20)22(16-26(34)33(25)4)18-7-6-8-21(29)14-18/h5-16,27H,1H2,2-4H3,(H,31,32). The van der Waals surface area contributed by atoms with Crippen molar-refractivity contribution in [3.8, 4) is 11.1 Å². The number of aryl methyl sites for hydroxylation is 2. The van der Waals surface area contributed by atoms with Crippen LogP contribution in [0.25, 0.3) is 22.0 Å². The van der Waals surface area contributed by atoms with Crippen molar-refractivity contribution in [2.75, 3.05) is 7.05 Å². The lowest BCUT2D eigenvalue weighted by Crippen LogP contribution is -2.26. The van der Waals surface area contributed by atoms with Crippen LogP contribution in [0.4, 0.5) is 0 Å². The monoisotopic (exact) mass is 489 g/mol. The molecular weight excluding hydrogens is 465 g/mol. The first-order chi connectivity index (χ1) is 16.3. The van der Waals surface area contributed by atoms with Crippen LogP contribution in [0.1, 0.15) is 22.6 Å². The molecule has 0 spiro atoms. The van der Waals surface area contributed by atoms with Crippen LogP contribution in [0.3, 0.4) is 0 Å². The van der Waals surface area contributed by atoms with Gasteiger partial charge in [0.25, 0.3) is 5.56 Å². The molecule has 1 N–H and O–H groups in total. The van der Waals surface area contributed by atoms with Gasteiger partial charge in [-0.2, -0.15) is 0 Å². The molecule has 0 radical (unpaired) electrons. The highest BCUT2D eigenvalue weighted by Gasteiger charge is 2.22. The molecule has 3 aromatic carbocycles. The lowest BCUT2D eigenvalue weighted by atomic mass is 9.87. The van der Waals surface area contributed by atoms with Crippen LogP contribution in [0, 0.1) is 6.92 Å². The number of hydrogen-bond donors (Lipinski definition) is 1. The van der Waals surface area contributed by atoms with E-state index in [2.05, 4.69) is 29.0 Å². The molecule has 0 amide bonds. The van der Waals surface area contributed by atoms with Crippen molar-refractivity contribution in [2.24, 2.45) is 12.0 Å². The second kappa shape index (κ2) is 9.88. The summed E-state index contributed by atoms with van der Waals surface area (Å²) in [5.41, 5.74) is 5.53. The normalized spacial score (nSPS) is 12.6. The number of hydrogen-bond acceptors (Lipinski definition) is 2. The van der Waals surface area contributed by atoms with E-state index in [0.29, 0.717) is 10.0 Å². The number of amidine groups is 1. The molecule has 1 heterocycles. The van der Waals surface area contributed by atoms with E-state index in [9.17, 15) is 4.79 Å². The number of pyridine rings is 1. The highest BCUT2D eigenvalue weighted by atomic mass is 35.5. The van der Waals surface area contributed by atoms with Gasteiger partial charge in [-0.15, -0.1) is 0 Å². The van der Waals surface area contributed by atoms with Crippen LogP contribution in [-0.4, -0.2) is 17.5 Å². The SMILES string of the molecule is C=CNC(=NC)C(c1ccc(Cl)c(C)c1)c1ccc2c(c1)c(-c1cccc(Cl)c1)cc(=O)n2C. The highest BCUT2D eigenvalue weighted by Crippen LogP contribution is 2.34. The zero-order chi connectivity index (χ0) is 24.4. The van der Waals surface area contributed by atoms with Crippen LogP contribution in [-0.2, 0) is 7.05 Å². The molecule has 4 nitrogen and oxygen atoms in total. The summed E-state index contributed by atoms with van der Waals surface area (Å²) in [6, 6.07) is 21.3. The third-order valence-electron chi connectivity index (χ3n) is 6.02.